The van der Waals surface area contributed by atoms with Gasteiger partial charge in [0.2, 0.25) is 5.79 Å². The van der Waals surface area contributed by atoms with Crippen molar-refractivity contribution >= 4 is 0 Å². The summed E-state index contributed by atoms with van der Waals surface area (Å²) in [5.74, 6) is 0.601. The quantitative estimate of drug-likeness (QED) is 0.369. The van der Waals surface area contributed by atoms with Crippen LogP contribution in [0, 0.1) is 23.7 Å². The highest BCUT2D eigenvalue weighted by Crippen LogP contribution is 2.61. The molecule has 0 amide bonds. The topological polar surface area (TPSA) is 67.6 Å². The Morgan fingerprint density at radius 2 is 1.86 bits per heavy atom. The molecule has 0 radical (unpaired) electrons. The molecule has 1 aromatic heterocycles. The number of fused-ring (bicyclic) bond motifs is 2. The van der Waals surface area contributed by atoms with Gasteiger partial charge < -0.3 is 9.47 Å². The molecule has 0 N–H and O–H groups in total. The van der Waals surface area contributed by atoms with E-state index in [0.717, 1.165) is 36.9 Å². The second-order valence-electron chi connectivity index (χ2n) is 11.5. The average Bonchev–Trinajstić information content (AvgIpc) is 3.23. The third-order valence-electron chi connectivity index (χ3n) is 9.21. The van der Waals surface area contributed by atoms with E-state index in [0.29, 0.717) is 11.8 Å². The van der Waals surface area contributed by atoms with Gasteiger partial charge in [-0.3, -0.25) is 0 Å². The minimum Gasteiger partial charge on any atom is -0.324 e. The average molecular weight is 482 g/mol. The van der Waals surface area contributed by atoms with Crippen molar-refractivity contribution < 1.29 is 19.2 Å². The van der Waals surface area contributed by atoms with Gasteiger partial charge in [-0.15, -0.1) is 5.10 Å². The highest BCUT2D eigenvalue weighted by Gasteiger charge is 2.69. The van der Waals surface area contributed by atoms with Gasteiger partial charge in [-0.05, 0) is 56.4 Å². The van der Waals surface area contributed by atoms with Crippen molar-refractivity contribution in [2.75, 3.05) is 0 Å². The summed E-state index contributed by atoms with van der Waals surface area (Å²) in [5, 5.41) is 9.03. The lowest BCUT2D eigenvalue weighted by Gasteiger charge is -2.60. The second-order valence-corrected chi connectivity index (χ2v) is 11.5. The van der Waals surface area contributed by atoms with Crippen molar-refractivity contribution in [3.63, 3.8) is 0 Å². The first-order valence-corrected chi connectivity index (χ1v) is 13.6. The van der Waals surface area contributed by atoms with Crippen LogP contribution >= 0.6 is 0 Å². The van der Waals surface area contributed by atoms with Gasteiger partial charge in [-0.1, -0.05) is 63.1 Å². The summed E-state index contributed by atoms with van der Waals surface area (Å²) in [6, 6.07) is 8.74. The zero-order chi connectivity index (χ0) is 24.2. The number of hydrogen-bond donors (Lipinski definition) is 0. The molecule has 5 aliphatic rings. The molecule has 1 saturated carbocycles. The van der Waals surface area contributed by atoms with Crippen LogP contribution in [0.4, 0.5) is 0 Å². The van der Waals surface area contributed by atoms with E-state index in [2.05, 4.69) is 55.3 Å². The Morgan fingerprint density at radius 3 is 2.66 bits per heavy atom. The predicted molar refractivity (Wildman–Crippen MR) is 131 cm³/mol. The maximum Gasteiger partial charge on any atom is 0.201 e. The third kappa shape index (κ3) is 3.86. The van der Waals surface area contributed by atoms with Crippen molar-refractivity contribution in [2.24, 2.45) is 23.7 Å². The number of benzene rings is 1. The summed E-state index contributed by atoms with van der Waals surface area (Å²) in [6.07, 6.45) is 10.3. The van der Waals surface area contributed by atoms with Gasteiger partial charge in [0, 0.05) is 23.8 Å². The molecule has 7 rings (SSSR count). The Morgan fingerprint density at radius 1 is 1.03 bits per heavy atom. The van der Waals surface area contributed by atoms with Crippen LogP contribution in [-0.4, -0.2) is 32.7 Å². The fraction of sp³-hybridized carbons (Fsp3) is 0.714. The molecule has 1 aliphatic carbocycles. The highest BCUT2D eigenvalue weighted by molar-refractivity contribution is 5.58. The van der Waals surface area contributed by atoms with Gasteiger partial charge in [0.05, 0.1) is 6.20 Å². The molecule has 4 saturated heterocycles. The molecule has 1 aromatic carbocycles. The fourth-order valence-corrected chi connectivity index (χ4v) is 7.14. The molecule has 5 fully saturated rings. The first-order valence-electron chi connectivity index (χ1n) is 13.6. The Hall–Kier alpha value is -1.80. The molecule has 190 valence electrons. The Kier molecular flexibility index (Phi) is 6.03. The van der Waals surface area contributed by atoms with E-state index in [9.17, 15) is 0 Å². The Labute approximate surface area is 208 Å². The lowest BCUT2D eigenvalue weighted by Crippen LogP contribution is -2.69. The van der Waals surface area contributed by atoms with Gasteiger partial charge in [0.1, 0.15) is 5.69 Å². The maximum absolute atomic E-state index is 6.70. The monoisotopic (exact) mass is 481 g/mol. The van der Waals surface area contributed by atoms with Crippen LogP contribution in [0.3, 0.4) is 0 Å². The third-order valence-corrected chi connectivity index (χ3v) is 9.21. The van der Waals surface area contributed by atoms with E-state index < -0.39 is 17.7 Å². The van der Waals surface area contributed by atoms with Crippen LogP contribution in [0.15, 0.2) is 30.5 Å². The summed E-state index contributed by atoms with van der Waals surface area (Å²) in [5.41, 5.74) is 2.77. The Balaban J connectivity index is 1.25. The summed E-state index contributed by atoms with van der Waals surface area (Å²) < 4.78 is 15.1. The summed E-state index contributed by atoms with van der Waals surface area (Å²) >= 11 is 0. The van der Waals surface area contributed by atoms with Crippen LogP contribution < -0.4 is 0 Å². The van der Waals surface area contributed by atoms with E-state index >= 15 is 0 Å². The van der Waals surface area contributed by atoms with Gasteiger partial charge in [-0.2, -0.15) is 0 Å². The van der Waals surface area contributed by atoms with E-state index in [1.165, 1.54) is 31.2 Å². The van der Waals surface area contributed by atoms with Crippen LogP contribution in [0.2, 0.25) is 0 Å². The number of ether oxygens (including phenoxy) is 2. The van der Waals surface area contributed by atoms with Crippen molar-refractivity contribution in [3.8, 4) is 11.3 Å². The number of unbranched alkanes of at least 4 members (excludes halogenated alkanes) is 2. The molecular weight excluding hydrogens is 442 g/mol. The van der Waals surface area contributed by atoms with Crippen molar-refractivity contribution in [1.29, 1.82) is 0 Å². The van der Waals surface area contributed by atoms with E-state index in [-0.39, 0.29) is 18.1 Å². The minimum atomic E-state index is -0.769. The molecule has 7 heteroatoms. The fourth-order valence-electron chi connectivity index (χ4n) is 7.14. The zero-order valence-electron chi connectivity index (χ0n) is 21.5. The van der Waals surface area contributed by atoms with Crippen LogP contribution in [0.5, 0.6) is 0 Å². The molecule has 5 heterocycles. The number of aryl methyl sites for hydroxylation is 1. The molecule has 0 unspecified atom stereocenters. The van der Waals surface area contributed by atoms with Crippen LogP contribution in [0.1, 0.15) is 84.4 Å². The van der Waals surface area contributed by atoms with Crippen molar-refractivity contribution in [1.82, 2.24) is 15.0 Å². The zero-order valence-corrected chi connectivity index (χ0v) is 21.5. The summed E-state index contributed by atoms with van der Waals surface area (Å²) in [7, 11) is 0. The minimum absolute atomic E-state index is 0.186. The van der Waals surface area contributed by atoms with Crippen molar-refractivity contribution in [2.45, 2.75) is 103 Å². The predicted octanol–water partition coefficient (Wildman–Crippen LogP) is 6.06. The van der Waals surface area contributed by atoms with Gasteiger partial charge >= 0.3 is 0 Å². The smallest absolute Gasteiger partial charge is 0.201 e. The lowest BCUT2D eigenvalue weighted by atomic mass is 9.58. The van der Waals surface area contributed by atoms with E-state index in [1.54, 1.807) is 0 Å². The Bertz CT molecular complexity index is 1040. The molecule has 1 spiro atoms. The second kappa shape index (κ2) is 8.94. The first kappa shape index (κ1) is 23.6. The number of rotatable bonds is 6. The number of nitrogens with zero attached hydrogens (tertiary/aromatic N) is 3. The van der Waals surface area contributed by atoms with Gasteiger partial charge in [0.15, 0.2) is 18.1 Å². The number of aromatic nitrogens is 3. The normalized spacial score (nSPS) is 40.3. The summed E-state index contributed by atoms with van der Waals surface area (Å²) in [4.78, 5) is 12.2. The molecular formula is C28H39N3O4. The lowest BCUT2D eigenvalue weighted by molar-refractivity contribution is -0.574. The first-order chi connectivity index (χ1) is 16.9. The van der Waals surface area contributed by atoms with Crippen LogP contribution in [-0.2, 0) is 25.7 Å². The standard InChI is InChI=1S/C28H39N3O4/c1-5-6-7-8-20-10-12-21(13-11-20)24-17-31(30-29-24)25-19(3)23-14-9-18(2)22-15-16-27(4)33-26(32-25)28(22,23)35-34-27/h10-13,17-19,22-23,25-26H,5-9,14-16H2,1-4H3/t18-,19-,22+,23+,25-,26-,27+,28-/m1/s1. The molecule has 2 bridgehead atoms. The van der Waals surface area contributed by atoms with Crippen molar-refractivity contribution in [3.05, 3.63) is 36.0 Å². The highest BCUT2D eigenvalue weighted by atomic mass is 17.3. The molecule has 2 aromatic rings. The maximum atomic E-state index is 6.70. The molecule has 35 heavy (non-hydrogen) atoms. The van der Waals surface area contributed by atoms with Gasteiger partial charge in [-0.25, -0.2) is 14.5 Å². The largest absolute Gasteiger partial charge is 0.324 e. The number of hydrogen-bond acceptors (Lipinski definition) is 6. The summed E-state index contributed by atoms with van der Waals surface area (Å²) in [6.45, 7) is 8.80. The van der Waals surface area contributed by atoms with Gasteiger partial charge in [0.25, 0.3) is 0 Å². The van der Waals surface area contributed by atoms with E-state index in [4.69, 9.17) is 19.2 Å². The molecule has 7 nitrogen and oxygen atoms in total. The van der Waals surface area contributed by atoms with Crippen LogP contribution in [0.25, 0.3) is 11.3 Å². The SMILES string of the molecule is CCCCCc1ccc(-c2cn([C@@H]3O[C@@H]4O[C@]5(C)CC[C@H]6[C@H](C)CC[C@@H]([C@H]3C)[C@@]46OO5)nn2)cc1. The van der Waals surface area contributed by atoms with E-state index in [1.807, 2.05) is 17.8 Å². The molecule has 8 atom stereocenters. The molecule has 4 aliphatic heterocycles.